The van der Waals surface area contributed by atoms with E-state index in [9.17, 15) is 9.59 Å². The Labute approximate surface area is 183 Å². The zero-order valence-electron chi connectivity index (χ0n) is 18.5. The molecule has 2 unspecified atom stereocenters. The molecule has 2 amide bonds. The van der Waals surface area contributed by atoms with Crippen LogP contribution in [0, 0.1) is 25.7 Å². The summed E-state index contributed by atoms with van der Waals surface area (Å²) in [6.45, 7) is 7.24. The zero-order chi connectivity index (χ0) is 21.5. The molecular weight excluding hydrogens is 392 g/mol. The topological polar surface area (TPSA) is 76.3 Å². The summed E-state index contributed by atoms with van der Waals surface area (Å²) < 4.78 is 4.44. The first kappa shape index (κ1) is 20.3. The fourth-order valence-corrected chi connectivity index (χ4v) is 5.44. The van der Waals surface area contributed by atoms with E-state index in [0.717, 1.165) is 58.3 Å². The lowest BCUT2D eigenvalue weighted by Crippen LogP contribution is -2.42. The normalized spacial score (nSPS) is 25.1. The average molecular weight is 425 g/mol. The number of hydrogen-bond donors (Lipinski definition) is 0. The first-order valence-electron chi connectivity index (χ1n) is 11.6. The van der Waals surface area contributed by atoms with E-state index in [-0.39, 0.29) is 23.7 Å². The summed E-state index contributed by atoms with van der Waals surface area (Å²) in [5.41, 5.74) is 2.34. The van der Waals surface area contributed by atoms with Crippen molar-refractivity contribution >= 4 is 11.8 Å². The lowest BCUT2D eigenvalue weighted by atomic mass is 10.0. The molecule has 0 N–H and O–H groups in total. The van der Waals surface area contributed by atoms with Gasteiger partial charge in [-0.15, -0.1) is 0 Å². The molecule has 0 spiro atoms. The Kier molecular flexibility index (Phi) is 5.32. The van der Waals surface area contributed by atoms with Gasteiger partial charge >= 0.3 is 0 Å². The van der Waals surface area contributed by atoms with Crippen molar-refractivity contribution in [1.29, 1.82) is 0 Å². The van der Waals surface area contributed by atoms with Gasteiger partial charge in [0, 0.05) is 62.0 Å². The van der Waals surface area contributed by atoms with Gasteiger partial charge in [0.15, 0.2) is 0 Å². The number of hydrogen-bond acceptors (Lipinski definition) is 4. The number of nitrogens with zero attached hydrogens (tertiary/aromatic N) is 6. The summed E-state index contributed by atoms with van der Waals surface area (Å²) in [5, 5.41) is 0. The number of aromatic nitrogens is 4. The van der Waals surface area contributed by atoms with Crippen LogP contribution in [0.25, 0.3) is 0 Å². The predicted molar refractivity (Wildman–Crippen MR) is 115 cm³/mol. The maximum Gasteiger partial charge on any atom is 0.226 e. The summed E-state index contributed by atoms with van der Waals surface area (Å²) in [7, 11) is 0. The molecule has 8 nitrogen and oxygen atoms in total. The van der Waals surface area contributed by atoms with Gasteiger partial charge in [0.05, 0.1) is 24.5 Å². The maximum absolute atomic E-state index is 13.0. The third-order valence-electron chi connectivity index (χ3n) is 7.48. The minimum absolute atomic E-state index is 0.104. The van der Waals surface area contributed by atoms with E-state index < -0.39 is 0 Å². The van der Waals surface area contributed by atoms with E-state index in [1.807, 2.05) is 34.8 Å². The van der Waals surface area contributed by atoms with Crippen LogP contribution >= 0.6 is 0 Å². The number of carbonyl (C=O) groups is 2. The van der Waals surface area contributed by atoms with Gasteiger partial charge in [-0.25, -0.2) is 9.97 Å². The Hall–Kier alpha value is -2.64. The molecule has 2 saturated heterocycles. The van der Waals surface area contributed by atoms with E-state index in [4.69, 9.17) is 0 Å². The summed E-state index contributed by atoms with van der Waals surface area (Å²) in [5.74, 6) is 0.159. The van der Waals surface area contributed by atoms with Gasteiger partial charge < -0.3 is 18.9 Å². The van der Waals surface area contributed by atoms with Crippen LogP contribution in [0.4, 0.5) is 0 Å². The first-order chi connectivity index (χ1) is 15.0. The molecule has 2 aliphatic heterocycles. The minimum Gasteiger partial charge on any atom is -0.342 e. The number of imidazole rings is 2. The second kappa shape index (κ2) is 8.13. The standard InChI is InChI=1S/C23H32N6O2/c1-16-12-24-14-28(16)18-3-7-26(8-4-18)22(30)20-11-21(20)23(31)27-9-5-19(6-10-27)29-15-25-13-17(29)2/h12-15,18-21H,3-11H2,1-2H3. The van der Waals surface area contributed by atoms with Gasteiger partial charge in [0.25, 0.3) is 0 Å². The van der Waals surface area contributed by atoms with Crippen molar-refractivity contribution in [3.8, 4) is 0 Å². The Morgan fingerprint density at radius 1 is 0.742 bits per heavy atom. The van der Waals surface area contributed by atoms with Crippen molar-refractivity contribution in [3.05, 3.63) is 36.4 Å². The second-order valence-corrected chi connectivity index (χ2v) is 9.45. The molecule has 0 aromatic carbocycles. The van der Waals surface area contributed by atoms with Crippen LogP contribution in [0.3, 0.4) is 0 Å². The third kappa shape index (κ3) is 3.88. The van der Waals surface area contributed by atoms with Crippen LogP contribution < -0.4 is 0 Å². The van der Waals surface area contributed by atoms with Crippen molar-refractivity contribution in [3.63, 3.8) is 0 Å². The smallest absolute Gasteiger partial charge is 0.226 e. The lowest BCUT2D eigenvalue weighted by Gasteiger charge is -2.34. The van der Waals surface area contributed by atoms with Crippen LogP contribution in [-0.4, -0.2) is 66.9 Å². The summed E-state index contributed by atoms with van der Waals surface area (Å²) >= 11 is 0. The quantitative estimate of drug-likeness (QED) is 0.755. The van der Waals surface area contributed by atoms with Crippen LogP contribution in [-0.2, 0) is 9.59 Å². The number of aryl methyl sites for hydroxylation is 2. The van der Waals surface area contributed by atoms with Gasteiger partial charge in [-0.05, 0) is 46.0 Å². The molecule has 31 heavy (non-hydrogen) atoms. The maximum atomic E-state index is 13.0. The first-order valence-corrected chi connectivity index (χ1v) is 11.6. The van der Waals surface area contributed by atoms with Crippen molar-refractivity contribution in [2.45, 2.75) is 58.0 Å². The van der Waals surface area contributed by atoms with Gasteiger partial charge in [-0.1, -0.05) is 0 Å². The Morgan fingerprint density at radius 3 is 1.45 bits per heavy atom. The van der Waals surface area contributed by atoms with Crippen LogP contribution in [0.5, 0.6) is 0 Å². The molecule has 166 valence electrons. The number of amides is 2. The molecule has 2 aromatic rings. The summed E-state index contributed by atoms with van der Waals surface area (Å²) in [4.78, 5) is 38.4. The molecular formula is C23H32N6O2. The monoisotopic (exact) mass is 424 g/mol. The highest BCUT2D eigenvalue weighted by Gasteiger charge is 2.51. The predicted octanol–water partition coefficient (Wildman–Crippen LogP) is 2.36. The number of piperidine rings is 2. The highest BCUT2D eigenvalue weighted by Crippen LogP contribution is 2.43. The molecule has 0 radical (unpaired) electrons. The second-order valence-electron chi connectivity index (χ2n) is 9.45. The van der Waals surface area contributed by atoms with E-state index in [1.54, 1.807) is 0 Å². The largest absolute Gasteiger partial charge is 0.342 e. The summed E-state index contributed by atoms with van der Waals surface area (Å²) in [6.07, 6.45) is 12.1. The van der Waals surface area contributed by atoms with Crippen LogP contribution in [0.1, 0.15) is 55.6 Å². The number of rotatable bonds is 4. The van der Waals surface area contributed by atoms with E-state index in [2.05, 4.69) is 32.9 Å². The molecule has 3 aliphatic rings. The van der Waals surface area contributed by atoms with Crippen molar-refractivity contribution in [2.24, 2.45) is 11.8 Å². The van der Waals surface area contributed by atoms with Crippen molar-refractivity contribution in [1.82, 2.24) is 28.9 Å². The molecule has 5 rings (SSSR count). The van der Waals surface area contributed by atoms with E-state index >= 15 is 0 Å². The molecule has 1 aliphatic carbocycles. The number of carbonyl (C=O) groups excluding carboxylic acids is 2. The Balaban J connectivity index is 1.10. The molecule has 3 fully saturated rings. The number of likely N-dealkylation sites (tertiary alicyclic amines) is 2. The molecule has 8 heteroatoms. The van der Waals surface area contributed by atoms with Gasteiger partial charge in [-0.2, -0.15) is 0 Å². The molecule has 2 atom stereocenters. The molecule has 1 saturated carbocycles. The third-order valence-corrected chi connectivity index (χ3v) is 7.48. The van der Waals surface area contributed by atoms with Crippen LogP contribution in [0.15, 0.2) is 25.0 Å². The fraction of sp³-hybridized carbons (Fsp3) is 0.652. The van der Waals surface area contributed by atoms with Crippen LogP contribution in [0.2, 0.25) is 0 Å². The van der Waals surface area contributed by atoms with E-state index in [0.29, 0.717) is 12.1 Å². The Morgan fingerprint density at radius 2 is 1.13 bits per heavy atom. The lowest BCUT2D eigenvalue weighted by molar-refractivity contribution is -0.139. The molecule has 0 bridgehead atoms. The minimum atomic E-state index is -0.104. The van der Waals surface area contributed by atoms with Crippen molar-refractivity contribution < 1.29 is 9.59 Å². The summed E-state index contributed by atoms with van der Waals surface area (Å²) in [6, 6.07) is 0.840. The highest BCUT2D eigenvalue weighted by atomic mass is 16.2. The molecule has 4 heterocycles. The van der Waals surface area contributed by atoms with Gasteiger partial charge in [0.1, 0.15) is 0 Å². The highest BCUT2D eigenvalue weighted by molar-refractivity contribution is 5.92. The van der Waals surface area contributed by atoms with Crippen molar-refractivity contribution in [2.75, 3.05) is 26.2 Å². The average Bonchev–Trinajstić information content (AvgIpc) is 3.30. The SMILES string of the molecule is Cc1cncn1C1CCN(C(=O)C2CC2C(=O)N2CCC(n3cncc3C)CC2)CC1. The van der Waals surface area contributed by atoms with E-state index in [1.165, 1.54) is 11.4 Å². The Bertz CT molecular complexity index is 873. The molecule has 2 aromatic heterocycles. The fourth-order valence-electron chi connectivity index (χ4n) is 5.44. The zero-order valence-corrected chi connectivity index (χ0v) is 18.5. The van der Waals surface area contributed by atoms with Gasteiger partial charge in [0.2, 0.25) is 11.8 Å². The van der Waals surface area contributed by atoms with Gasteiger partial charge in [-0.3, -0.25) is 9.59 Å².